The molecule has 1 aromatic rings. The molecule has 128 valence electrons. The fourth-order valence-electron chi connectivity index (χ4n) is 2.05. The average molecular weight is 343 g/mol. The van der Waals surface area contributed by atoms with Gasteiger partial charge in [-0.3, -0.25) is 8.98 Å². The van der Waals surface area contributed by atoms with Crippen molar-refractivity contribution in [3.05, 3.63) is 35.9 Å². The highest BCUT2D eigenvalue weighted by molar-refractivity contribution is 7.85. The summed E-state index contributed by atoms with van der Waals surface area (Å²) in [6.45, 7) is 0.133. The molecule has 0 aliphatic rings. The summed E-state index contributed by atoms with van der Waals surface area (Å²) in [6, 6.07) is 8.48. The zero-order valence-corrected chi connectivity index (χ0v) is 14.0. The first-order valence-electron chi connectivity index (χ1n) is 7.04. The van der Waals surface area contributed by atoms with Crippen LogP contribution < -0.4 is 0 Å². The summed E-state index contributed by atoms with van der Waals surface area (Å²) < 4.78 is 31.2. The van der Waals surface area contributed by atoms with Gasteiger partial charge in [0.2, 0.25) is 6.41 Å². The van der Waals surface area contributed by atoms with Gasteiger partial charge in [0.15, 0.2) is 0 Å². The van der Waals surface area contributed by atoms with E-state index in [1.165, 1.54) is 12.0 Å². The van der Waals surface area contributed by atoms with Crippen LogP contribution in [-0.4, -0.2) is 58.3 Å². The minimum absolute atomic E-state index is 0.0532. The predicted molar refractivity (Wildman–Crippen MR) is 84.1 cm³/mol. The van der Waals surface area contributed by atoms with E-state index in [1.54, 1.807) is 0 Å². The van der Waals surface area contributed by atoms with E-state index in [4.69, 9.17) is 4.74 Å². The minimum Gasteiger partial charge on any atom is -0.467 e. The molecule has 1 atom stereocenters. The van der Waals surface area contributed by atoms with Crippen molar-refractivity contribution in [1.29, 1.82) is 0 Å². The summed E-state index contributed by atoms with van der Waals surface area (Å²) in [6.07, 6.45) is 2.12. The number of nitrogens with zero attached hydrogens (tertiary/aromatic N) is 1. The Bertz CT molecular complexity index is 602. The standard InChI is InChI=1S/C15H21NO6S/c1-21-15(18)14(11-13-7-4-3-5-8-13)16(12-17)9-6-10-22-23(2,19)20/h3-5,7-8,12,14H,6,9-11H2,1-2H3/t14-/m1/s1. The van der Waals surface area contributed by atoms with E-state index < -0.39 is 22.1 Å². The van der Waals surface area contributed by atoms with Crippen molar-refractivity contribution < 1.29 is 26.9 Å². The van der Waals surface area contributed by atoms with Gasteiger partial charge in [0, 0.05) is 13.0 Å². The zero-order chi connectivity index (χ0) is 17.3. The summed E-state index contributed by atoms with van der Waals surface area (Å²) >= 11 is 0. The van der Waals surface area contributed by atoms with Crippen molar-refractivity contribution in [2.45, 2.75) is 18.9 Å². The third kappa shape index (κ3) is 7.25. The Morgan fingerprint density at radius 3 is 2.48 bits per heavy atom. The third-order valence-electron chi connectivity index (χ3n) is 3.14. The molecule has 0 aliphatic carbocycles. The molecule has 0 saturated heterocycles. The fourth-order valence-corrected chi connectivity index (χ4v) is 2.47. The van der Waals surface area contributed by atoms with E-state index in [9.17, 15) is 18.0 Å². The highest BCUT2D eigenvalue weighted by Gasteiger charge is 2.26. The lowest BCUT2D eigenvalue weighted by Gasteiger charge is -2.26. The number of esters is 1. The number of carbonyl (C=O) groups excluding carboxylic acids is 2. The van der Waals surface area contributed by atoms with Gasteiger partial charge in [-0.15, -0.1) is 0 Å². The van der Waals surface area contributed by atoms with E-state index >= 15 is 0 Å². The number of hydrogen-bond donors (Lipinski definition) is 0. The van der Waals surface area contributed by atoms with Crippen molar-refractivity contribution in [2.24, 2.45) is 0 Å². The minimum atomic E-state index is -3.52. The van der Waals surface area contributed by atoms with Gasteiger partial charge in [-0.05, 0) is 12.0 Å². The second-order valence-electron chi connectivity index (χ2n) is 4.95. The number of hydrogen-bond acceptors (Lipinski definition) is 6. The highest BCUT2D eigenvalue weighted by atomic mass is 32.2. The van der Waals surface area contributed by atoms with Crippen molar-refractivity contribution >= 4 is 22.5 Å². The Hall–Kier alpha value is -1.93. The predicted octanol–water partition coefficient (Wildman–Crippen LogP) is 0.595. The fraction of sp³-hybridized carbons (Fsp3) is 0.467. The van der Waals surface area contributed by atoms with Crippen LogP contribution in [0.2, 0.25) is 0 Å². The van der Waals surface area contributed by atoms with Gasteiger partial charge in [-0.2, -0.15) is 8.42 Å². The first-order chi connectivity index (χ1) is 10.9. The van der Waals surface area contributed by atoms with Gasteiger partial charge in [0.1, 0.15) is 6.04 Å². The Morgan fingerprint density at radius 2 is 1.96 bits per heavy atom. The SMILES string of the molecule is COC(=O)[C@@H](Cc1ccccc1)N(C=O)CCCOS(C)(=O)=O. The molecule has 1 aromatic carbocycles. The van der Waals surface area contributed by atoms with Gasteiger partial charge >= 0.3 is 5.97 Å². The lowest BCUT2D eigenvalue weighted by molar-refractivity contribution is -0.149. The third-order valence-corrected chi connectivity index (χ3v) is 3.73. The second kappa shape index (κ2) is 9.26. The maximum atomic E-state index is 12.0. The van der Waals surface area contributed by atoms with E-state index in [1.807, 2.05) is 30.3 Å². The molecule has 0 heterocycles. The summed E-state index contributed by atoms with van der Waals surface area (Å²) in [5, 5.41) is 0. The van der Waals surface area contributed by atoms with Crippen molar-refractivity contribution in [3.63, 3.8) is 0 Å². The molecule has 0 aromatic heterocycles. The second-order valence-corrected chi connectivity index (χ2v) is 6.60. The topological polar surface area (TPSA) is 90.0 Å². The average Bonchev–Trinajstić information content (AvgIpc) is 2.52. The van der Waals surface area contributed by atoms with Crippen molar-refractivity contribution in [2.75, 3.05) is 26.5 Å². The maximum absolute atomic E-state index is 12.0. The van der Waals surface area contributed by atoms with Crippen LogP contribution in [0.25, 0.3) is 0 Å². The van der Waals surface area contributed by atoms with Gasteiger partial charge in [0.25, 0.3) is 10.1 Å². The molecule has 23 heavy (non-hydrogen) atoms. The van der Waals surface area contributed by atoms with E-state index in [-0.39, 0.29) is 19.6 Å². The first-order valence-corrected chi connectivity index (χ1v) is 8.86. The lowest BCUT2D eigenvalue weighted by Crippen LogP contribution is -2.43. The molecule has 0 radical (unpaired) electrons. The van der Waals surface area contributed by atoms with Crippen LogP contribution in [0.15, 0.2) is 30.3 Å². The zero-order valence-electron chi connectivity index (χ0n) is 13.2. The molecule has 0 spiro atoms. The van der Waals surface area contributed by atoms with Crippen LogP contribution in [0.5, 0.6) is 0 Å². The largest absolute Gasteiger partial charge is 0.467 e. The first kappa shape index (κ1) is 19.1. The summed E-state index contributed by atoms with van der Waals surface area (Å²) in [5.74, 6) is -0.523. The van der Waals surface area contributed by atoms with Gasteiger partial charge in [-0.25, -0.2) is 4.79 Å². The number of rotatable bonds is 10. The molecule has 7 nitrogen and oxygen atoms in total. The van der Waals surface area contributed by atoms with Crippen LogP contribution in [0.1, 0.15) is 12.0 Å². The molecule has 0 unspecified atom stereocenters. The van der Waals surface area contributed by atoms with E-state index in [0.717, 1.165) is 11.8 Å². The van der Waals surface area contributed by atoms with Crippen LogP contribution >= 0.6 is 0 Å². The summed E-state index contributed by atoms with van der Waals surface area (Å²) in [4.78, 5) is 24.6. The number of methoxy groups -OCH3 is 1. The molecule has 0 N–H and O–H groups in total. The lowest BCUT2D eigenvalue weighted by atomic mass is 10.0. The maximum Gasteiger partial charge on any atom is 0.328 e. The van der Waals surface area contributed by atoms with Crippen LogP contribution in [0.3, 0.4) is 0 Å². The Morgan fingerprint density at radius 1 is 1.30 bits per heavy atom. The van der Waals surface area contributed by atoms with E-state index in [0.29, 0.717) is 12.8 Å². The highest BCUT2D eigenvalue weighted by Crippen LogP contribution is 2.10. The monoisotopic (exact) mass is 343 g/mol. The molecule has 1 amide bonds. The summed E-state index contributed by atoms with van der Waals surface area (Å²) in [5.41, 5.74) is 0.891. The van der Waals surface area contributed by atoms with Gasteiger partial charge < -0.3 is 9.64 Å². The Kier molecular flexibility index (Phi) is 7.70. The molecule has 8 heteroatoms. The number of ether oxygens (including phenoxy) is 1. The van der Waals surface area contributed by atoms with Gasteiger partial charge in [0.05, 0.1) is 20.0 Å². The molecular weight excluding hydrogens is 322 g/mol. The molecule has 0 saturated carbocycles. The number of amides is 1. The van der Waals surface area contributed by atoms with Gasteiger partial charge in [-0.1, -0.05) is 30.3 Å². The number of carbonyl (C=O) groups is 2. The Labute approximate surface area is 136 Å². The normalized spacial score (nSPS) is 12.4. The quantitative estimate of drug-likeness (QED) is 0.267. The summed E-state index contributed by atoms with van der Waals surface area (Å²) in [7, 11) is -2.26. The van der Waals surface area contributed by atoms with Crippen LogP contribution in [-0.2, 0) is 35.0 Å². The molecule has 0 bridgehead atoms. The van der Waals surface area contributed by atoms with Crippen molar-refractivity contribution in [3.8, 4) is 0 Å². The van der Waals surface area contributed by atoms with Crippen molar-refractivity contribution in [1.82, 2.24) is 4.90 Å². The smallest absolute Gasteiger partial charge is 0.328 e. The Balaban J connectivity index is 2.70. The molecule has 1 rings (SSSR count). The van der Waals surface area contributed by atoms with E-state index in [2.05, 4.69) is 4.18 Å². The number of benzene rings is 1. The molecular formula is C15H21NO6S. The van der Waals surface area contributed by atoms with Crippen LogP contribution in [0.4, 0.5) is 0 Å². The molecule has 0 fully saturated rings. The molecule has 0 aliphatic heterocycles. The van der Waals surface area contributed by atoms with Crippen LogP contribution in [0, 0.1) is 0 Å².